The molecule has 1 aliphatic rings. The Balaban J connectivity index is 1.90. The number of hydrogen-bond donors (Lipinski definition) is 0. The van der Waals surface area contributed by atoms with Crippen molar-refractivity contribution in [3.63, 3.8) is 0 Å². The number of piperidine rings is 1. The largest absolute Gasteiger partial charge is 0.371 e. The summed E-state index contributed by atoms with van der Waals surface area (Å²) < 4.78 is 1.32. The molecule has 0 aromatic heterocycles. The average molecular weight is 439 g/mol. The SMILES string of the molecule is C=C(C)c1ccc(N2CCC(CC(CCC)CCC)CC2)cc1I. The molecule has 0 aliphatic carbocycles. The zero-order valence-corrected chi connectivity index (χ0v) is 17.9. The molecule has 1 aromatic rings. The maximum absolute atomic E-state index is 4.08. The van der Waals surface area contributed by atoms with Crippen molar-refractivity contribution in [2.75, 3.05) is 18.0 Å². The van der Waals surface area contributed by atoms with Gasteiger partial charge in [-0.1, -0.05) is 57.7 Å². The van der Waals surface area contributed by atoms with Crippen molar-refractivity contribution >= 4 is 33.9 Å². The number of allylic oxidation sites excluding steroid dienone is 1. The Hall–Kier alpha value is -0.510. The molecule has 1 aliphatic heterocycles. The topological polar surface area (TPSA) is 3.24 Å². The Bertz CT molecular complexity index is 523. The summed E-state index contributed by atoms with van der Waals surface area (Å²) in [7, 11) is 0. The number of halogens is 1. The molecule has 24 heavy (non-hydrogen) atoms. The van der Waals surface area contributed by atoms with Gasteiger partial charge >= 0.3 is 0 Å². The fourth-order valence-corrected chi connectivity index (χ4v) is 5.10. The highest BCUT2D eigenvalue weighted by atomic mass is 127. The molecule has 1 fully saturated rings. The monoisotopic (exact) mass is 439 g/mol. The molecule has 134 valence electrons. The molecule has 2 rings (SSSR count). The Labute approximate surface area is 163 Å². The van der Waals surface area contributed by atoms with Gasteiger partial charge in [-0.2, -0.15) is 0 Å². The third-order valence-corrected chi connectivity index (χ3v) is 6.35. The van der Waals surface area contributed by atoms with Crippen molar-refractivity contribution in [1.29, 1.82) is 0 Å². The highest BCUT2D eigenvalue weighted by Crippen LogP contribution is 2.32. The van der Waals surface area contributed by atoms with Gasteiger partial charge in [0, 0.05) is 22.3 Å². The molecule has 1 saturated heterocycles. The van der Waals surface area contributed by atoms with Crippen molar-refractivity contribution in [2.45, 2.75) is 65.7 Å². The van der Waals surface area contributed by atoms with Crippen LogP contribution in [-0.4, -0.2) is 13.1 Å². The lowest BCUT2D eigenvalue weighted by Gasteiger charge is -2.35. The van der Waals surface area contributed by atoms with E-state index in [9.17, 15) is 0 Å². The number of nitrogens with zero attached hydrogens (tertiary/aromatic N) is 1. The van der Waals surface area contributed by atoms with Crippen LogP contribution < -0.4 is 4.90 Å². The molecule has 0 saturated carbocycles. The average Bonchev–Trinajstić information content (AvgIpc) is 2.55. The van der Waals surface area contributed by atoms with Gasteiger partial charge in [-0.05, 0) is 78.3 Å². The first kappa shape index (κ1) is 19.8. The predicted molar refractivity (Wildman–Crippen MR) is 117 cm³/mol. The molecule has 0 amide bonds. The van der Waals surface area contributed by atoms with Crippen LogP contribution in [0.15, 0.2) is 24.8 Å². The smallest absolute Gasteiger partial charge is 0.0377 e. The molecule has 0 spiro atoms. The van der Waals surface area contributed by atoms with Gasteiger partial charge < -0.3 is 4.90 Å². The number of rotatable bonds is 8. The second-order valence-corrected chi connectivity index (χ2v) is 8.72. The quantitative estimate of drug-likeness (QED) is 0.389. The van der Waals surface area contributed by atoms with E-state index in [0.29, 0.717) is 0 Å². The second-order valence-electron chi connectivity index (χ2n) is 7.55. The van der Waals surface area contributed by atoms with E-state index in [1.54, 1.807) is 0 Å². The van der Waals surface area contributed by atoms with Crippen LogP contribution >= 0.6 is 22.6 Å². The molecule has 0 bridgehead atoms. The van der Waals surface area contributed by atoms with Gasteiger partial charge in [-0.3, -0.25) is 0 Å². The van der Waals surface area contributed by atoms with Crippen LogP contribution in [-0.2, 0) is 0 Å². The van der Waals surface area contributed by atoms with Crippen molar-refractivity contribution in [2.24, 2.45) is 11.8 Å². The fourth-order valence-electron chi connectivity index (χ4n) is 4.14. The van der Waals surface area contributed by atoms with Gasteiger partial charge in [0.15, 0.2) is 0 Å². The number of benzene rings is 1. The molecule has 1 heterocycles. The maximum Gasteiger partial charge on any atom is 0.0377 e. The predicted octanol–water partition coefficient (Wildman–Crippen LogP) is 7.15. The van der Waals surface area contributed by atoms with Crippen molar-refractivity contribution in [1.82, 2.24) is 0 Å². The van der Waals surface area contributed by atoms with E-state index in [1.165, 1.54) is 72.9 Å². The fraction of sp³-hybridized carbons (Fsp3) is 0.636. The summed E-state index contributed by atoms with van der Waals surface area (Å²) in [5.41, 5.74) is 3.83. The number of anilines is 1. The van der Waals surface area contributed by atoms with Gasteiger partial charge in [0.1, 0.15) is 0 Å². The summed E-state index contributed by atoms with van der Waals surface area (Å²) in [6.45, 7) is 13.3. The highest BCUT2D eigenvalue weighted by molar-refractivity contribution is 14.1. The van der Waals surface area contributed by atoms with Crippen LogP contribution in [0, 0.1) is 15.4 Å². The lowest BCUT2D eigenvalue weighted by atomic mass is 9.83. The van der Waals surface area contributed by atoms with Gasteiger partial charge in [-0.25, -0.2) is 0 Å². The third kappa shape index (κ3) is 5.50. The zero-order chi connectivity index (χ0) is 17.5. The van der Waals surface area contributed by atoms with Crippen LogP contribution in [0.5, 0.6) is 0 Å². The minimum absolute atomic E-state index is 0.943. The first-order valence-electron chi connectivity index (χ1n) is 9.75. The summed E-state index contributed by atoms with van der Waals surface area (Å²) in [6, 6.07) is 6.86. The van der Waals surface area contributed by atoms with Crippen LogP contribution in [0.3, 0.4) is 0 Å². The molecule has 0 N–H and O–H groups in total. The minimum Gasteiger partial charge on any atom is -0.371 e. The molecule has 0 radical (unpaired) electrons. The van der Waals surface area contributed by atoms with Gasteiger partial charge in [0.2, 0.25) is 0 Å². The summed E-state index contributed by atoms with van der Waals surface area (Å²) in [4.78, 5) is 2.58. The second kappa shape index (κ2) is 9.84. The van der Waals surface area contributed by atoms with E-state index in [2.05, 4.69) is 73.0 Å². The zero-order valence-electron chi connectivity index (χ0n) is 15.8. The van der Waals surface area contributed by atoms with E-state index in [1.807, 2.05) is 0 Å². The first-order chi connectivity index (χ1) is 11.5. The minimum atomic E-state index is 0.943. The standard InChI is InChI=1S/C22H34IN/c1-5-7-18(8-6-2)15-19-11-13-24(14-12-19)20-9-10-21(17(3)4)22(23)16-20/h9-10,16,18-19H,3,5-8,11-15H2,1-2,4H3. The van der Waals surface area contributed by atoms with Gasteiger partial charge in [0.25, 0.3) is 0 Å². The van der Waals surface area contributed by atoms with E-state index in [4.69, 9.17) is 0 Å². The summed E-state index contributed by atoms with van der Waals surface area (Å²) in [6.07, 6.45) is 9.73. The molecule has 2 heteroatoms. The van der Waals surface area contributed by atoms with Crippen molar-refractivity contribution < 1.29 is 0 Å². The Kier molecular flexibility index (Phi) is 8.12. The molecule has 0 unspecified atom stereocenters. The van der Waals surface area contributed by atoms with Crippen LogP contribution in [0.4, 0.5) is 5.69 Å². The van der Waals surface area contributed by atoms with Crippen molar-refractivity contribution in [3.05, 3.63) is 33.9 Å². The van der Waals surface area contributed by atoms with E-state index >= 15 is 0 Å². The Morgan fingerprint density at radius 1 is 1.21 bits per heavy atom. The lowest BCUT2D eigenvalue weighted by Crippen LogP contribution is -2.34. The van der Waals surface area contributed by atoms with Crippen LogP contribution in [0.2, 0.25) is 0 Å². The summed E-state index contributed by atoms with van der Waals surface area (Å²) in [5.74, 6) is 1.91. The molecule has 1 nitrogen and oxygen atoms in total. The Morgan fingerprint density at radius 2 is 1.83 bits per heavy atom. The summed E-state index contributed by atoms with van der Waals surface area (Å²) in [5, 5.41) is 0. The van der Waals surface area contributed by atoms with E-state index in [0.717, 1.165) is 17.4 Å². The third-order valence-electron chi connectivity index (χ3n) is 5.45. The number of hydrogen-bond acceptors (Lipinski definition) is 1. The lowest BCUT2D eigenvalue weighted by molar-refractivity contribution is 0.289. The van der Waals surface area contributed by atoms with Gasteiger partial charge in [-0.15, -0.1) is 0 Å². The molecular weight excluding hydrogens is 405 g/mol. The highest BCUT2D eigenvalue weighted by Gasteiger charge is 2.22. The summed E-state index contributed by atoms with van der Waals surface area (Å²) >= 11 is 2.45. The van der Waals surface area contributed by atoms with Crippen molar-refractivity contribution in [3.8, 4) is 0 Å². The molecule has 1 aromatic carbocycles. The molecular formula is C22H34IN. The Morgan fingerprint density at radius 3 is 2.33 bits per heavy atom. The first-order valence-corrected chi connectivity index (χ1v) is 10.8. The molecule has 0 atom stereocenters. The van der Waals surface area contributed by atoms with E-state index < -0.39 is 0 Å². The van der Waals surface area contributed by atoms with E-state index in [-0.39, 0.29) is 0 Å². The van der Waals surface area contributed by atoms with Gasteiger partial charge in [0.05, 0.1) is 0 Å². The van der Waals surface area contributed by atoms with Crippen LogP contribution in [0.25, 0.3) is 5.57 Å². The normalized spacial score (nSPS) is 16.0. The van der Waals surface area contributed by atoms with Crippen LogP contribution in [0.1, 0.15) is 71.3 Å². The maximum atomic E-state index is 4.08.